The van der Waals surface area contributed by atoms with E-state index in [1.165, 1.54) is 0 Å². The van der Waals surface area contributed by atoms with Gasteiger partial charge in [0.1, 0.15) is 5.82 Å². The molecule has 4 nitrogen and oxygen atoms in total. The Hall–Kier alpha value is -1.42. The van der Waals surface area contributed by atoms with Crippen LogP contribution in [0.1, 0.15) is 36.2 Å². The van der Waals surface area contributed by atoms with Crippen LogP contribution >= 0.6 is 0 Å². The fraction of sp³-hybridized carbons (Fsp3) is 0.538. The molecule has 0 aliphatic carbocycles. The number of aromatic nitrogens is 1. The molecule has 0 bridgehead atoms. The maximum absolute atomic E-state index is 12.3. The number of anilines is 1. The molecule has 0 saturated carbocycles. The zero-order valence-electron chi connectivity index (χ0n) is 10.7. The van der Waals surface area contributed by atoms with Gasteiger partial charge in [-0.05, 0) is 30.9 Å². The normalized spacial score (nSPS) is 12.8. The molecule has 0 spiro atoms. The number of aryl methyl sites for hydroxylation is 1. The van der Waals surface area contributed by atoms with E-state index in [1.54, 1.807) is 12.3 Å². The van der Waals surface area contributed by atoms with Gasteiger partial charge < -0.3 is 11.5 Å². The molecule has 94 valence electrons. The Morgan fingerprint density at radius 1 is 1.47 bits per heavy atom. The van der Waals surface area contributed by atoms with E-state index in [0.717, 1.165) is 12.0 Å². The summed E-state index contributed by atoms with van der Waals surface area (Å²) in [5.41, 5.74) is 12.8. The fourth-order valence-electron chi connectivity index (χ4n) is 1.88. The van der Waals surface area contributed by atoms with Crippen molar-refractivity contribution in [3.63, 3.8) is 0 Å². The molecule has 1 aromatic rings. The molecule has 4 N–H and O–H groups in total. The number of nitrogen functional groups attached to an aromatic ring is 1. The maximum Gasteiger partial charge on any atom is 0.170 e. The van der Waals surface area contributed by atoms with Crippen LogP contribution in [0, 0.1) is 18.8 Å². The molecule has 0 radical (unpaired) electrons. The molecular formula is C13H21N3O. The first-order chi connectivity index (χ1) is 7.95. The predicted molar refractivity (Wildman–Crippen MR) is 69.7 cm³/mol. The minimum atomic E-state index is -0.166. The zero-order chi connectivity index (χ0) is 13.0. The third-order valence-corrected chi connectivity index (χ3v) is 2.73. The van der Waals surface area contributed by atoms with Crippen LogP contribution in [0.5, 0.6) is 0 Å². The number of nitrogens with two attached hydrogens (primary N) is 2. The Kier molecular flexibility index (Phi) is 4.63. The van der Waals surface area contributed by atoms with Gasteiger partial charge in [0.25, 0.3) is 0 Å². The van der Waals surface area contributed by atoms with Gasteiger partial charge >= 0.3 is 0 Å². The molecule has 0 saturated heterocycles. The van der Waals surface area contributed by atoms with Crippen molar-refractivity contribution >= 4 is 11.6 Å². The lowest BCUT2D eigenvalue weighted by atomic mass is 9.89. The lowest BCUT2D eigenvalue weighted by Crippen LogP contribution is -2.26. The highest BCUT2D eigenvalue weighted by Gasteiger charge is 2.22. The van der Waals surface area contributed by atoms with Crippen LogP contribution in [0.15, 0.2) is 12.3 Å². The minimum absolute atomic E-state index is 0.00917. The second-order valence-corrected chi connectivity index (χ2v) is 4.87. The summed E-state index contributed by atoms with van der Waals surface area (Å²) < 4.78 is 0. The lowest BCUT2D eigenvalue weighted by molar-refractivity contribution is 0.0909. The van der Waals surface area contributed by atoms with Crippen molar-refractivity contribution in [1.29, 1.82) is 0 Å². The van der Waals surface area contributed by atoms with E-state index in [-0.39, 0.29) is 11.7 Å². The number of nitrogens with zero attached hydrogens (tertiary/aromatic N) is 1. The second-order valence-electron chi connectivity index (χ2n) is 4.87. The number of hydrogen-bond donors (Lipinski definition) is 2. The summed E-state index contributed by atoms with van der Waals surface area (Å²) in [7, 11) is 0. The maximum atomic E-state index is 12.3. The van der Waals surface area contributed by atoms with Gasteiger partial charge in [-0.2, -0.15) is 0 Å². The first-order valence-corrected chi connectivity index (χ1v) is 5.92. The number of carbonyl (C=O) groups is 1. The van der Waals surface area contributed by atoms with Crippen LogP contribution in [-0.2, 0) is 0 Å². The van der Waals surface area contributed by atoms with Crippen molar-refractivity contribution in [3.8, 4) is 0 Å². The van der Waals surface area contributed by atoms with Gasteiger partial charge in [-0.15, -0.1) is 0 Å². The van der Waals surface area contributed by atoms with Gasteiger partial charge in [0, 0.05) is 18.7 Å². The summed E-state index contributed by atoms with van der Waals surface area (Å²) in [6, 6.07) is 1.79. The van der Waals surface area contributed by atoms with Crippen molar-refractivity contribution < 1.29 is 4.79 Å². The molecule has 0 aliphatic rings. The van der Waals surface area contributed by atoms with Gasteiger partial charge in [0.2, 0.25) is 0 Å². The van der Waals surface area contributed by atoms with E-state index in [2.05, 4.69) is 18.8 Å². The Morgan fingerprint density at radius 2 is 2.12 bits per heavy atom. The average Bonchev–Trinajstić information content (AvgIpc) is 2.28. The molecule has 0 aromatic carbocycles. The van der Waals surface area contributed by atoms with Crippen molar-refractivity contribution in [3.05, 3.63) is 23.4 Å². The zero-order valence-corrected chi connectivity index (χ0v) is 10.7. The van der Waals surface area contributed by atoms with E-state index in [1.807, 2.05) is 6.92 Å². The molecule has 0 amide bonds. The third-order valence-electron chi connectivity index (χ3n) is 2.73. The Bertz CT molecular complexity index is 402. The second kappa shape index (κ2) is 5.77. The molecule has 1 unspecified atom stereocenters. The third kappa shape index (κ3) is 3.53. The number of hydrogen-bond acceptors (Lipinski definition) is 4. The van der Waals surface area contributed by atoms with E-state index in [4.69, 9.17) is 11.5 Å². The minimum Gasteiger partial charge on any atom is -0.383 e. The van der Waals surface area contributed by atoms with Crippen LogP contribution in [0.3, 0.4) is 0 Å². The van der Waals surface area contributed by atoms with Gasteiger partial charge in [0.15, 0.2) is 5.78 Å². The van der Waals surface area contributed by atoms with Crippen molar-refractivity contribution in [2.24, 2.45) is 17.6 Å². The smallest absolute Gasteiger partial charge is 0.170 e. The molecular weight excluding hydrogens is 214 g/mol. The summed E-state index contributed by atoms with van der Waals surface area (Å²) in [5, 5.41) is 0. The predicted octanol–water partition coefficient (Wildman–Crippen LogP) is 1.78. The standard InChI is InChI=1S/C13H21N3O/c1-8(2)4-10(6-14)12(17)11-5-9(3)7-16-13(11)15/h5,7-8,10H,4,6,14H2,1-3H3,(H2,15,16). The summed E-state index contributed by atoms with van der Waals surface area (Å²) in [6.45, 7) is 6.40. The Morgan fingerprint density at radius 3 is 2.65 bits per heavy atom. The fourth-order valence-corrected chi connectivity index (χ4v) is 1.88. The first kappa shape index (κ1) is 13.6. The van der Waals surface area contributed by atoms with Crippen molar-refractivity contribution in [1.82, 2.24) is 4.98 Å². The molecule has 1 heterocycles. The van der Waals surface area contributed by atoms with Crippen LogP contribution in [0.4, 0.5) is 5.82 Å². The van der Waals surface area contributed by atoms with Gasteiger partial charge in [-0.25, -0.2) is 4.98 Å². The highest BCUT2D eigenvalue weighted by Crippen LogP contribution is 2.20. The number of Topliss-reactive ketones (excluding diaryl/α,β-unsaturated/α-hetero) is 1. The molecule has 17 heavy (non-hydrogen) atoms. The number of ketones is 1. The van der Waals surface area contributed by atoms with Gasteiger partial charge in [-0.1, -0.05) is 13.8 Å². The summed E-state index contributed by atoms with van der Waals surface area (Å²) in [6.07, 6.45) is 2.44. The largest absolute Gasteiger partial charge is 0.383 e. The summed E-state index contributed by atoms with van der Waals surface area (Å²) in [5.74, 6) is 0.574. The van der Waals surface area contributed by atoms with Crippen LogP contribution in [0.2, 0.25) is 0 Å². The van der Waals surface area contributed by atoms with E-state index >= 15 is 0 Å². The van der Waals surface area contributed by atoms with Gasteiger partial charge in [0.05, 0.1) is 5.56 Å². The topological polar surface area (TPSA) is 82.0 Å². The molecule has 1 atom stereocenters. The van der Waals surface area contributed by atoms with Crippen molar-refractivity contribution in [2.75, 3.05) is 12.3 Å². The van der Waals surface area contributed by atoms with E-state index in [0.29, 0.717) is 23.8 Å². The SMILES string of the molecule is Cc1cnc(N)c(C(=O)C(CN)CC(C)C)c1. The van der Waals surface area contributed by atoms with Crippen LogP contribution in [-0.4, -0.2) is 17.3 Å². The van der Waals surface area contributed by atoms with Crippen molar-refractivity contribution in [2.45, 2.75) is 27.2 Å². The average molecular weight is 235 g/mol. The first-order valence-electron chi connectivity index (χ1n) is 5.92. The number of carbonyl (C=O) groups excluding carboxylic acids is 1. The summed E-state index contributed by atoms with van der Waals surface area (Å²) in [4.78, 5) is 16.3. The quantitative estimate of drug-likeness (QED) is 0.762. The molecule has 1 rings (SSSR count). The van der Waals surface area contributed by atoms with E-state index < -0.39 is 0 Å². The summed E-state index contributed by atoms with van der Waals surface area (Å²) >= 11 is 0. The van der Waals surface area contributed by atoms with E-state index in [9.17, 15) is 4.79 Å². The van der Waals surface area contributed by atoms with Crippen LogP contribution < -0.4 is 11.5 Å². The Balaban J connectivity index is 2.97. The molecule has 0 fully saturated rings. The number of rotatable bonds is 5. The molecule has 1 aromatic heterocycles. The Labute approximate surface area is 102 Å². The monoisotopic (exact) mass is 235 g/mol. The van der Waals surface area contributed by atoms with Gasteiger partial charge in [-0.3, -0.25) is 4.79 Å². The number of pyridine rings is 1. The lowest BCUT2D eigenvalue weighted by Gasteiger charge is -2.16. The molecule has 0 aliphatic heterocycles. The molecule has 4 heteroatoms. The van der Waals surface area contributed by atoms with Crippen LogP contribution in [0.25, 0.3) is 0 Å². The highest BCUT2D eigenvalue weighted by atomic mass is 16.1. The highest BCUT2D eigenvalue weighted by molar-refractivity contribution is 6.01.